The topological polar surface area (TPSA) is 75.2 Å². The number of rotatable bonds is 7. The SMILES string of the molecule is CC(C)c1ccc(C(NC(=O)C2CC(F)CN2C(=O)Cc2cnccn2)c2ccccc2)cc1. The number of benzene rings is 2. The minimum atomic E-state index is -1.25. The Hall–Kier alpha value is -3.61. The van der Waals surface area contributed by atoms with E-state index in [1.54, 1.807) is 0 Å². The number of carbonyl (C=O) groups excluding carboxylic acids is 2. The van der Waals surface area contributed by atoms with Crippen molar-refractivity contribution < 1.29 is 14.0 Å². The molecule has 3 atom stereocenters. The van der Waals surface area contributed by atoms with Gasteiger partial charge in [0.25, 0.3) is 0 Å². The third kappa shape index (κ3) is 5.47. The number of likely N-dealkylation sites (tertiary alicyclic amines) is 1. The first kappa shape index (κ1) is 23.5. The quantitative estimate of drug-likeness (QED) is 0.579. The van der Waals surface area contributed by atoms with Crippen LogP contribution in [0, 0.1) is 0 Å². The number of hydrogen-bond acceptors (Lipinski definition) is 4. The Morgan fingerprint density at radius 3 is 2.35 bits per heavy atom. The van der Waals surface area contributed by atoms with Crippen molar-refractivity contribution in [3.05, 3.63) is 95.6 Å². The first-order chi connectivity index (χ1) is 16.4. The van der Waals surface area contributed by atoms with E-state index in [0.717, 1.165) is 11.1 Å². The molecular formula is C27H29FN4O2. The minimum Gasteiger partial charge on any atom is -0.343 e. The van der Waals surface area contributed by atoms with Gasteiger partial charge in [-0.15, -0.1) is 0 Å². The highest BCUT2D eigenvalue weighted by atomic mass is 19.1. The largest absolute Gasteiger partial charge is 0.343 e. The van der Waals surface area contributed by atoms with E-state index < -0.39 is 18.3 Å². The van der Waals surface area contributed by atoms with Crippen molar-refractivity contribution in [3.63, 3.8) is 0 Å². The summed E-state index contributed by atoms with van der Waals surface area (Å²) in [4.78, 5) is 35.7. The number of hydrogen-bond donors (Lipinski definition) is 1. The van der Waals surface area contributed by atoms with Crippen LogP contribution in [0.5, 0.6) is 0 Å². The van der Waals surface area contributed by atoms with E-state index in [4.69, 9.17) is 0 Å². The molecule has 176 valence electrons. The van der Waals surface area contributed by atoms with Gasteiger partial charge in [-0.25, -0.2) is 4.39 Å². The molecule has 1 aliphatic heterocycles. The van der Waals surface area contributed by atoms with Crippen LogP contribution in [0.15, 0.2) is 73.2 Å². The van der Waals surface area contributed by atoms with E-state index in [0.29, 0.717) is 11.6 Å². The van der Waals surface area contributed by atoms with Crippen molar-refractivity contribution in [3.8, 4) is 0 Å². The van der Waals surface area contributed by atoms with Gasteiger partial charge in [0.05, 0.1) is 24.7 Å². The summed E-state index contributed by atoms with van der Waals surface area (Å²) in [5, 5.41) is 3.08. The summed E-state index contributed by atoms with van der Waals surface area (Å²) in [6.07, 6.45) is 3.23. The zero-order chi connectivity index (χ0) is 24.1. The van der Waals surface area contributed by atoms with Crippen LogP contribution in [-0.2, 0) is 16.0 Å². The first-order valence-electron chi connectivity index (χ1n) is 11.6. The Balaban J connectivity index is 1.55. The first-order valence-corrected chi connectivity index (χ1v) is 11.6. The van der Waals surface area contributed by atoms with Crippen LogP contribution in [0.25, 0.3) is 0 Å². The predicted molar refractivity (Wildman–Crippen MR) is 128 cm³/mol. The number of carbonyl (C=O) groups is 2. The Morgan fingerprint density at radius 2 is 1.71 bits per heavy atom. The van der Waals surface area contributed by atoms with Crippen LogP contribution < -0.4 is 5.32 Å². The number of nitrogens with zero attached hydrogens (tertiary/aromatic N) is 3. The van der Waals surface area contributed by atoms with Crippen molar-refractivity contribution >= 4 is 11.8 Å². The molecule has 6 nitrogen and oxygen atoms in total. The van der Waals surface area contributed by atoms with Crippen LogP contribution in [0.2, 0.25) is 0 Å². The van der Waals surface area contributed by atoms with Crippen molar-refractivity contribution in [2.45, 2.75) is 50.9 Å². The summed E-state index contributed by atoms with van der Waals surface area (Å²) in [7, 11) is 0. The Labute approximate surface area is 199 Å². The van der Waals surface area contributed by atoms with Gasteiger partial charge >= 0.3 is 0 Å². The molecule has 0 bridgehead atoms. The lowest BCUT2D eigenvalue weighted by Gasteiger charge is -2.27. The van der Waals surface area contributed by atoms with Gasteiger partial charge in [-0.3, -0.25) is 19.6 Å². The molecular weight excluding hydrogens is 431 g/mol. The van der Waals surface area contributed by atoms with E-state index in [1.807, 2.05) is 42.5 Å². The highest BCUT2D eigenvalue weighted by Gasteiger charge is 2.40. The average molecular weight is 461 g/mol. The van der Waals surface area contributed by atoms with E-state index >= 15 is 0 Å². The Kier molecular flexibility index (Phi) is 7.30. The van der Waals surface area contributed by atoms with Gasteiger partial charge in [0.1, 0.15) is 12.2 Å². The maximum atomic E-state index is 14.4. The zero-order valence-corrected chi connectivity index (χ0v) is 19.4. The number of alkyl halides is 1. The van der Waals surface area contributed by atoms with Crippen molar-refractivity contribution in [1.29, 1.82) is 0 Å². The molecule has 1 aromatic heterocycles. The monoisotopic (exact) mass is 460 g/mol. The minimum absolute atomic E-state index is 0.0220. The van der Waals surface area contributed by atoms with Gasteiger partial charge in [0.2, 0.25) is 11.8 Å². The smallest absolute Gasteiger partial charge is 0.243 e. The molecule has 4 rings (SSSR count). The van der Waals surface area contributed by atoms with Gasteiger partial charge in [0.15, 0.2) is 0 Å². The molecule has 34 heavy (non-hydrogen) atoms. The Morgan fingerprint density at radius 1 is 1.03 bits per heavy atom. The maximum absolute atomic E-state index is 14.4. The fourth-order valence-corrected chi connectivity index (χ4v) is 4.30. The number of amides is 2. The zero-order valence-electron chi connectivity index (χ0n) is 19.4. The highest BCUT2D eigenvalue weighted by Crippen LogP contribution is 2.27. The number of nitrogens with one attached hydrogen (secondary N) is 1. The summed E-state index contributed by atoms with van der Waals surface area (Å²) in [5.41, 5.74) is 3.54. The molecule has 2 aromatic carbocycles. The van der Waals surface area contributed by atoms with Crippen LogP contribution in [0.3, 0.4) is 0 Å². The molecule has 0 saturated carbocycles. The van der Waals surface area contributed by atoms with Crippen LogP contribution in [0.4, 0.5) is 4.39 Å². The number of halogens is 1. The van der Waals surface area contributed by atoms with E-state index in [9.17, 15) is 14.0 Å². The number of aromatic nitrogens is 2. The molecule has 3 aromatic rings. The molecule has 0 radical (unpaired) electrons. The normalized spacial score (nSPS) is 18.6. The average Bonchev–Trinajstić information content (AvgIpc) is 3.25. The third-order valence-corrected chi connectivity index (χ3v) is 6.18. The summed E-state index contributed by atoms with van der Waals surface area (Å²) in [5.74, 6) is -0.305. The second-order valence-electron chi connectivity index (χ2n) is 8.94. The lowest BCUT2D eigenvalue weighted by atomic mass is 9.95. The van der Waals surface area contributed by atoms with Crippen LogP contribution in [-0.4, -0.2) is 45.4 Å². The van der Waals surface area contributed by atoms with Gasteiger partial charge in [-0.2, -0.15) is 0 Å². The maximum Gasteiger partial charge on any atom is 0.243 e. The van der Waals surface area contributed by atoms with E-state index in [-0.39, 0.29) is 31.2 Å². The van der Waals surface area contributed by atoms with E-state index in [2.05, 4.69) is 41.3 Å². The van der Waals surface area contributed by atoms with Crippen LogP contribution >= 0.6 is 0 Å². The molecule has 1 aliphatic rings. The fourth-order valence-electron chi connectivity index (χ4n) is 4.30. The van der Waals surface area contributed by atoms with Crippen molar-refractivity contribution in [2.24, 2.45) is 0 Å². The van der Waals surface area contributed by atoms with E-state index in [1.165, 1.54) is 29.1 Å². The molecule has 0 aliphatic carbocycles. The second kappa shape index (κ2) is 10.5. The molecule has 1 fully saturated rings. The summed E-state index contributed by atoms with van der Waals surface area (Å²) < 4.78 is 14.4. The summed E-state index contributed by atoms with van der Waals surface area (Å²) in [6, 6.07) is 16.5. The highest BCUT2D eigenvalue weighted by molar-refractivity contribution is 5.89. The molecule has 7 heteroatoms. The van der Waals surface area contributed by atoms with Gasteiger partial charge in [-0.1, -0.05) is 68.4 Å². The standard InChI is InChI=1S/C27H29FN4O2/c1-18(2)19-8-10-21(11-9-19)26(20-6-4-3-5-7-20)31-27(34)24-14-22(28)17-32(24)25(33)15-23-16-29-12-13-30-23/h3-13,16,18,22,24,26H,14-15,17H2,1-2H3,(H,31,34). The lowest BCUT2D eigenvalue weighted by molar-refractivity contribution is -0.138. The fraction of sp³-hybridized carbons (Fsp3) is 0.333. The van der Waals surface area contributed by atoms with Crippen molar-refractivity contribution in [2.75, 3.05) is 6.54 Å². The van der Waals surface area contributed by atoms with Gasteiger partial charge in [-0.05, 0) is 22.6 Å². The Bertz CT molecular complexity index is 1110. The predicted octanol–water partition coefficient (Wildman–Crippen LogP) is 3.99. The molecule has 3 unspecified atom stereocenters. The molecule has 2 heterocycles. The summed E-state index contributed by atoms with van der Waals surface area (Å²) >= 11 is 0. The third-order valence-electron chi connectivity index (χ3n) is 6.18. The van der Waals surface area contributed by atoms with Crippen molar-refractivity contribution in [1.82, 2.24) is 20.2 Å². The molecule has 1 saturated heterocycles. The van der Waals surface area contributed by atoms with Crippen LogP contribution in [0.1, 0.15) is 54.6 Å². The molecule has 1 N–H and O–H groups in total. The second-order valence-corrected chi connectivity index (χ2v) is 8.94. The van der Waals surface area contributed by atoms with Gasteiger partial charge < -0.3 is 10.2 Å². The molecule has 2 amide bonds. The summed E-state index contributed by atoms with van der Waals surface area (Å²) in [6.45, 7) is 4.16. The van der Waals surface area contributed by atoms with Gasteiger partial charge in [0, 0.05) is 25.0 Å². The molecule has 0 spiro atoms. The lowest BCUT2D eigenvalue weighted by Crippen LogP contribution is -2.47.